The number of carbonyl (C=O) groups is 2. The molecule has 2 amide bonds. The van der Waals surface area contributed by atoms with Crippen LogP contribution < -0.4 is 10.6 Å². The highest BCUT2D eigenvalue weighted by Gasteiger charge is 2.31. The maximum atomic E-state index is 12.1. The molecule has 2 aliphatic rings. The topological polar surface area (TPSA) is 93.7 Å². The van der Waals surface area contributed by atoms with Crippen LogP contribution in [0.5, 0.6) is 0 Å². The molecule has 0 radical (unpaired) electrons. The van der Waals surface area contributed by atoms with Gasteiger partial charge in [-0.2, -0.15) is 5.10 Å². The van der Waals surface area contributed by atoms with Gasteiger partial charge in [0.05, 0.1) is 17.9 Å². The third-order valence-electron chi connectivity index (χ3n) is 4.54. The zero-order chi connectivity index (χ0) is 18.2. The largest absolute Gasteiger partial charge is 0.444 e. The predicted octanol–water partition coefficient (Wildman–Crippen LogP) is 1.52. The number of carbonyl (C=O) groups excluding carboxylic acids is 2. The SMILES string of the molecule is CC(C)(C)OC(=O)N1CCC(n2cc(N3CC(N)CC3=O)cn2)CC1. The van der Waals surface area contributed by atoms with Crippen LogP contribution in [0.15, 0.2) is 12.4 Å². The highest BCUT2D eigenvalue weighted by Crippen LogP contribution is 2.26. The lowest BCUT2D eigenvalue weighted by Crippen LogP contribution is -2.42. The van der Waals surface area contributed by atoms with Crippen molar-refractivity contribution in [3.63, 3.8) is 0 Å². The fraction of sp³-hybridized carbons (Fsp3) is 0.706. The molecule has 1 aromatic rings. The van der Waals surface area contributed by atoms with Crippen molar-refractivity contribution in [2.75, 3.05) is 24.5 Å². The van der Waals surface area contributed by atoms with Gasteiger partial charge in [0.15, 0.2) is 0 Å². The van der Waals surface area contributed by atoms with Crippen LogP contribution in [-0.2, 0) is 9.53 Å². The number of amides is 2. The molecule has 1 unspecified atom stereocenters. The Bertz CT molecular complexity index is 643. The van der Waals surface area contributed by atoms with E-state index in [4.69, 9.17) is 10.5 Å². The number of likely N-dealkylation sites (tertiary alicyclic amines) is 1. The molecular formula is C17H27N5O3. The Hall–Kier alpha value is -2.09. The lowest BCUT2D eigenvalue weighted by atomic mass is 10.1. The Morgan fingerprint density at radius 3 is 2.56 bits per heavy atom. The minimum absolute atomic E-state index is 0.0480. The zero-order valence-corrected chi connectivity index (χ0v) is 15.1. The molecule has 0 aliphatic carbocycles. The number of rotatable bonds is 2. The molecule has 0 saturated carbocycles. The fourth-order valence-corrected chi connectivity index (χ4v) is 3.29. The van der Waals surface area contributed by atoms with Crippen LogP contribution in [-0.4, -0.2) is 58.0 Å². The standard InChI is InChI=1S/C17H27N5O3/c1-17(2,3)25-16(24)20-6-4-13(5-7-20)22-11-14(9-19-22)21-10-12(18)8-15(21)23/h9,11-13H,4-8,10,18H2,1-3H3. The number of nitrogens with two attached hydrogens (primary N) is 1. The van der Waals surface area contributed by atoms with E-state index < -0.39 is 5.60 Å². The molecule has 3 rings (SSSR count). The first-order valence-electron chi connectivity index (χ1n) is 8.81. The summed E-state index contributed by atoms with van der Waals surface area (Å²) in [6, 6.07) is 0.117. The molecule has 2 aliphatic heterocycles. The Morgan fingerprint density at radius 2 is 2.00 bits per heavy atom. The first kappa shape index (κ1) is 17.7. The number of piperidine rings is 1. The Balaban J connectivity index is 1.57. The van der Waals surface area contributed by atoms with Crippen molar-refractivity contribution >= 4 is 17.7 Å². The Kier molecular flexibility index (Phi) is 4.73. The van der Waals surface area contributed by atoms with E-state index >= 15 is 0 Å². The summed E-state index contributed by atoms with van der Waals surface area (Å²) in [5.41, 5.74) is 6.17. The second-order valence-corrected chi connectivity index (χ2v) is 7.85. The molecule has 2 saturated heterocycles. The average Bonchev–Trinajstić information content (AvgIpc) is 3.12. The molecular weight excluding hydrogens is 322 g/mol. The maximum Gasteiger partial charge on any atom is 0.410 e. The van der Waals surface area contributed by atoms with Gasteiger partial charge >= 0.3 is 6.09 Å². The van der Waals surface area contributed by atoms with Gasteiger partial charge in [0.25, 0.3) is 0 Å². The smallest absolute Gasteiger partial charge is 0.410 e. The van der Waals surface area contributed by atoms with Crippen molar-refractivity contribution in [2.24, 2.45) is 5.73 Å². The molecule has 25 heavy (non-hydrogen) atoms. The van der Waals surface area contributed by atoms with Crippen LogP contribution in [0.3, 0.4) is 0 Å². The minimum atomic E-state index is -0.478. The maximum absolute atomic E-state index is 12.1. The van der Waals surface area contributed by atoms with Crippen LogP contribution in [0.1, 0.15) is 46.1 Å². The number of anilines is 1. The van der Waals surface area contributed by atoms with Crippen LogP contribution in [0.25, 0.3) is 0 Å². The van der Waals surface area contributed by atoms with Gasteiger partial charge in [-0.25, -0.2) is 4.79 Å². The van der Waals surface area contributed by atoms with Gasteiger partial charge in [0.1, 0.15) is 5.60 Å². The quantitative estimate of drug-likeness (QED) is 0.874. The molecule has 0 aromatic carbocycles. The van der Waals surface area contributed by atoms with Crippen molar-refractivity contribution in [3.8, 4) is 0 Å². The molecule has 8 nitrogen and oxygen atoms in total. The first-order valence-corrected chi connectivity index (χ1v) is 8.81. The van der Waals surface area contributed by atoms with Crippen molar-refractivity contribution < 1.29 is 14.3 Å². The Morgan fingerprint density at radius 1 is 1.32 bits per heavy atom. The highest BCUT2D eigenvalue weighted by atomic mass is 16.6. The van der Waals surface area contributed by atoms with E-state index in [-0.39, 0.29) is 24.1 Å². The van der Waals surface area contributed by atoms with Crippen LogP contribution in [0.4, 0.5) is 10.5 Å². The lowest BCUT2D eigenvalue weighted by molar-refractivity contribution is -0.117. The van der Waals surface area contributed by atoms with Gasteiger partial charge in [-0.05, 0) is 33.6 Å². The number of aromatic nitrogens is 2. The van der Waals surface area contributed by atoms with Gasteiger partial charge in [0, 0.05) is 38.3 Å². The predicted molar refractivity (Wildman–Crippen MR) is 93.3 cm³/mol. The first-order chi connectivity index (χ1) is 11.7. The number of hydrogen-bond donors (Lipinski definition) is 1. The molecule has 2 N–H and O–H groups in total. The summed E-state index contributed by atoms with van der Waals surface area (Å²) in [5, 5.41) is 4.42. The van der Waals surface area contributed by atoms with Gasteiger partial charge in [-0.3, -0.25) is 9.48 Å². The van der Waals surface area contributed by atoms with Crippen LogP contribution in [0, 0.1) is 0 Å². The molecule has 8 heteroatoms. The molecule has 3 heterocycles. The molecule has 0 spiro atoms. The highest BCUT2D eigenvalue weighted by molar-refractivity contribution is 5.95. The second-order valence-electron chi connectivity index (χ2n) is 7.85. The number of hydrogen-bond acceptors (Lipinski definition) is 5. The lowest BCUT2D eigenvalue weighted by Gasteiger charge is -2.33. The summed E-state index contributed by atoms with van der Waals surface area (Å²) < 4.78 is 7.32. The zero-order valence-electron chi connectivity index (χ0n) is 15.1. The van der Waals surface area contributed by atoms with Crippen molar-refractivity contribution in [3.05, 3.63) is 12.4 Å². The summed E-state index contributed by atoms with van der Waals surface area (Å²) in [5.74, 6) is 0.0480. The Labute approximate surface area is 147 Å². The summed E-state index contributed by atoms with van der Waals surface area (Å²) in [4.78, 5) is 27.5. The molecule has 138 valence electrons. The third-order valence-corrected chi connectivity index (χ3v) is 4.54. The van der Waals surface area contributed by atoms with Gasteiger partial charge < -0.3 is 20.3 Å². The van der Waals surface area contributed by atoms with Gasteiger partial charge in [-0.15, -0.1) is 0 Å². The van der Waals surface area contributed by atoms with Crippen molar-refractivity contribution in [1.29, 1.82) is 0 Å². The molecule has 0 bridgehead atoms. The summed E-state index contributed by atoms with van der Waals surface area (Å²) >= 11 is 0. The van der Waals surface area contributed by atoms with E-state index in [1.807, 2.05) is 31.6 Å². The van der Waals surface area contributed by atoms with E-state index in [0.29, 0.717) is 26.1 Å². The summed E-state index contributed by atoms with van der Waals surface area (Å²) in [6.45, 7) is 7.43. The van der Waals surface area contributed by atoms with E-state index in [0.717, 1.165) is 18.5 Å². The van der Waals surface area contributed by atoms with Crippen LogP contribution in [0.2, 0.25) is 0 Å². The molecule has 2 fully saturated rings. The van der Waals surface area contributed by atoms with E-state index in [9.17, 15) is 9.59 Å². The number of nitrogens with zero attached hydrogens (tertiary/aromatic N) is 4. The van der Waals surface area contributed by atoms with Crippen molar-refractivity contribution in [1.82, 2.24) is 14.7 Å². The normalized spacial score (nSPS) is 22.6. The molecule has 1 aromatic heterocycles. The van der Waals surface area contributed by atoms with E-state index in [1.165, 1.54) is 0 Å². The van der Waals surface area contributed by atoms with Gasteiger partial charge in [-0.1, -0.05) is 0 Å². The summed E-state index contributed by atoms with van der Waals surface area (Å²) in [6.07, 6.45) is 5.38. The van der Waals surface area contributed by atoms with E-state index in [1.54, 1.807) is 16.0 Å². The molecule has 1 atom stereocenters. The minimum Gasteiger partial charge on any atom is -0.444 e. The van der Waals surface area contributed by atoms with Crippen LogP contribution >= 0.6 is 0 Å². The van der Waals surface area contributed by atoms with E-state index in [2.05, 4.69) is 5.10 Å². The van der Waals surface area contributed by atoms with Crippen molar-refractivity contribution in [2.45, 2.75) is 57.7 Å². The monoisotopic (exact) mass is 349 g/mol. The van der Waals surface area contributed by atoms with Gasteiger partial charge in [0.2, 0.25) is 5.91 Å². The second kappa shape index (κ2) is 6.67. The third kappa shape index (κ3) is 4.12. The fourth-order valence-electron chi connectivity index (χ4n) is 3.29. The summed E-state index contributed by atoms with van der Waals surface area (Å²) in [7, 11) is 0. The average molecular weight is 349 g/mol. The number of ether oxygens (including phenoxy) is 1.